The zero-order valence-electron chi connectivity index (χ0n) is 12.4. The average molecular weight is 348 g/mol. The number of nitrogens with two attached hydrogens (primary N) is 1. The summed E-state index contributed by atoms with van der Waals surface area (Å²) in [4.78, 5) is 48.5. The van der Waals surface area contributed by atoms with Crippen LogP contribution in [0.25, 0.3) is 6.08 Å². The van der Waals surface area contributed by atoms with Crippen LogP contribution in [0.1, 0.15) is 18.1 Å². The third kappa shape index (κ3) is 4.26. The Balaban J connectivity index is 2.33. The Morgan fingerprint density at radius 1 is 1.46 bits per heavy atom. The zero-order chi connectivity index (χ0) is 17.9. The molecule has 1 fully saturated rings. The van der Waals surface area contributed by atoms with Gasteiger partial charge in [0.05, 0.1) is 22.1 Å². The number of nitrogens with one attached hydrogen (secondary N) is 1. The number of carbonyl (C=O) groups excluding carboxylic acids is 3. The third-order valence-electron chi connectivity index (χ3n) is 2.89. The molecule has 0 spiro atoms. The molecule has 10 heteroatoms. The number of hydrogen-bond donors (Lipinski definition) is 2. The van der Waals surface area contributed by atoms with Crippen molar-refractivity contribution in [2.45, 2.75) is 13.3 Å². The summed E-state index contributed by atoms with van der Waals surface area (Å²) in [5, 5.41) is 12.8. The van der Waals surface area contributed by atoms with Gasteiger partial charge in [-0.3, -0.25) is 29.8 Å². The van der Waals surface area contributed by atoms with Crippen molar-refractivity contribution >= 4 is 46.4 Å². The molecule has 0 bridgehead atoms. The topological polar surface area (TPSA) is 145 Å². The molecule has 3 amide bonds. The Hall–Kier alpha value is -3.01. The predicted molar refractivity (Wildman–Crippen MR) is 88.2 cm³/mol. The van der Waals surface area contributed by atoms with Crippen molar-refractivity contribution in [1.29, 1.82) is 0 Å². The lowest BCUT2D eigenvalue weighted by atomic mass is 10.1. The lowest BCUT2D eigenvalue weighted by molar-refractivity contribution is -0.385. The van der Waals surface area contributed by atoms with Crippen molar-refractivity contribution in [2.24, 2.45) is 10.7 Å². The van der Waals surface area contributed by atoms with Crippen LogP contribution in [0.3, 0.4) is 0 Å². The van der Waals surface area contributed by atoms with E-state index in [0.29, 0.717) is 17.3 Å². The maximum absolute atomic E-state index is 11.6. The number of nitro groups is 1. The largest absolute Gasteiger partial charge is 0.387 e. The van der Waals surface area contributed by atoms with Crippen LogP contribution >= 0.6 is 11.8 Å². The van der Waals surface area contributed by atoms with Crippen molar-refractivity contribution < 1.29 is 19.3 Å². The minimum Gasteiger partial charge on any atom is -0.387 e. The minimum atomic E-state index is -0.628. The lowest BCUT2D eigenvalue weighted by Crippen LogP contribution is -2.17. The number of imide groups is 1. The first-order valence-electron chi connectivity index (χ1n) is 6.62. The number of amides is 3. The summed E-state index contributed by atoms with van der Waals surface area (Å²) in [5.41, 5.74) is 5.57. The van der Waals surface area contributed by atoms with E-state index < -0.39 is 22.0 Å². The van der Waals surface area contributed by atoms with Crippen molar-refractivity contribution in [3.63, 3.8) is 0 Å². The summed E-state index contributed by atoms with van der Waals surface area (Å²) in [7, 11) is 0. The van der Waals surface area contributed by atoms with Crippen LogP contribution in [0.15, 0.2) is 28.1 Å². The standard InChI is InChI=1S/C14H12N4O5S/c1-7(15)16-12(19)6-9-3-2-8(4-10(9)18(22)23)5-11-13(20)17-14(21)24-11/h2-5H,6H2,1H3,(H2,15,16,19)(H,17,20,21)/b11-5-. The Morgan fingerprint density at radius 2 is 2.17 bits per heavy atom. The summed E-state index contributed by atoms with van der Waals surface area (Å²) in [6, 6.07) is 4.15. The second kappa shape index (κ2) is 7.04. The highest BCUT2D eigenvalue weighted by Crippen LogP contribution is 2.28. The number of carbonyl (C=O) groups is 3. The molecule has 0 atom stereocenters. The maximum atomic E-state index is 11.6. The molecule has 1 aromatic rings. The number of aliphatic imine (C=N–C) groups is 1. The molecule has 3 N–H and O–H groups in total. The van der Waals surface area contributed by atoms with Gasteiger partial charge in [0.15, 0.2) is 0 Å². The Kier molecular flexibility index (Phi) is 5.09. The first-order valence-corrected chi connectivity index (χ1v) is 7.43. The molecule has 0 aromatic heterocycles. The quantitative estimate of drug-likeness (QED) is 0.275. The molecule has 0 radical (unpaired) electrons. The summed E-state index contributed by atoms with van der Waals surface area (Å²) in [6.07, 6.45) is 1.10. The molecule has 124 valence electrons. The minimum absolute atomic E-state index is 0.0675. The van der Waals surface area contributed by atoms with Crippen LogP contribution in [-0.2, 0) is 16.0 Å². The number of nitro benzene ring substituents is 1. The summed E-state index contributed by atoms with van der Waals surface area (Å²) in [5.74, 6) is -1.09. The van der Waals surface area contributed by atoms with Crippen LogP contribution in [0.4, 0.5) is 10.5 Å². The maximum Gasteiger partial charge on any atom is 0.290 e. The highest BCUT2D eigenvalue weighted by molar-refractivity contribution is 8.18. The zero-order valence-corrected chi connectivity index (χ0v) is 13.3. The lowest BCUT2D eigenvalue weighted by Gasteiger charge is -2.03. The molecular weight excluding hydrogens is 336 g/mol. The van der Waals surface area contributed by atoms with Gasteiger partial charge in [0.2, 0.25) is 0 Å². The van der Waals surface area contributed by atoms with Gasteiger partial charge in [-0.1, -0.05) is 12.1 Å². The molecule has 0 unspecified atom stereocenters. The van der Waals surface area contributed by atoms with Crippen LogP contribution in [0.5, 0.6) is 0 Å². The van der Waals surface area contributed by atoms with E-state index in [1.165, 1.54) is 31.2 Å². The van der Waals surface area contributed by atoms with E-state index >= 15 is 0 Å². The molecule has 1 aliphatic rings. The average Bonchev–Trinajstić information content (AvgIpc) is 2.77. The molecule has 1 aromatic carbocycles. The number of amidine groups is 1. The number of nitrogens with zero attached hydrogens (tertiary/aromatic N) is 2. The first-order chi connectivity index (χ1) is 11.3. The van der Waals surface area contributed by atoms with Crippen LogP contribution in [0.2, 0.25) is 0 Å². The fourth-order valence-corrected chi connectivity index (χ4v) is 2.64. The van der Waals surface area contributed by atoms with Gasteiger partial charge < -0.3 is 5.73 Å². The van der Waals surface area contributed by atoms with E-state index in [1.807, 2.05) is 0 Å². The van der Waals surface area contributed by atoms with Crippen LogP contribution < -0.4 is 11.1 Å². The van der Waals surface area contributed by atoms with Gasteiger partial charge >= 0.3 is 0 Å². The molecule has 9 nitrogen and oxygen atoms in total. The van der Waals surface area contributed by atoms with Gasteiger partial charge in [-0.25, -0.2) is 4.99 Å². The molecule has 1 heterocycles. The number of thioether (sulfide) groups is 1. The third-order valence-corrected chi connectivity index (χ3v) is 3.70. The molecule has 2 rings (SSSR count). The van der Waals surface area contributed by atoms with E-state index in [0.717, 1.165) is 0 Å². The highest BCUT2D eigenvalue weighted by atomic mass is 32.2. The number of rotatable bonds is 4. The van der Waals surface area contributed by atoms with E-state index in [9.17, 15) is 24.5 Å². The first kappa shape index (κ1) is 17.3. The summed E-state index contributed by atoms with van der Waals surface area (Å²) < 4.78 is 0. The summed E-state index contributed by atoms with van der Waals surface area (Å²) >= 11 is 0.710. The van der Waals surface area contributed by atoms with E-state index in [-0.39, 0.29) is 28.4 Å². The van der Waals surface area contributed by atoms with Crippen molar-refractivity contribution in [1.82, 2.24) is 5.32 Å². The van der Waals surface area contributed by atoms with E-state index in [2.05, 4.69) is 10.3 Å². The van der Waals surface area contributed by atoms with Gasteiger partial charge in [0.1, 0.15) is 0 Å². The van der Waals surface area contributed by atoms with Gasteiger partial charge in [-0.15, -0.1) is 0 Å². The normalized spacial score (nSPS) is 16.4. The monoisotopic (exact) mass is 348 g/mol. The van der Waals surface area contributed by atoms with Gasteiger partial charge in [0, 0.05) is 11.6 Å². The van der Waals surface area contributed by atoms with E-state index in [4.69, 9.17) is 5.73 Å². The van der Waals surface area contributed by atoms with Crippen molar-refractivity contribution in [3.05, 3.63) is 44.3 Å². The number of hydrogen-bond acceptors (Lipinski definition) is 6. The second-order valence-electron chi connectivity index (χ2n) is 4.82. The highest BCUT2D eigenvalue weighted by Gasteiger charge is 2.25. The van der Waals surface area contributed by atoms with Gasteiger partial charge in [-0.05, 0) is 30.3 Å². The molecule has 1 aliphatic heterocycles. The van der Waals surface area contributed by atoms with Gasteiger partial charge in [-0.2, -0.15) is 0 Å². The molecular formula is C14H12N4O5S. The number of benzene rings is 1. The Labute approximate surface area is 140 Å². The van der Waals surface area contributed by atoms with Crippen LogP contribution in [-0.4, -0.2) is 27.8 Å². The predicted octanol–water partition coefficient (Wildman–Crippen LogP) is 1.36. The SMILES string of the molecule is CC(N)=NC(=O)Cc1ccc(/C=C2\SC(=O)NC2=O)cc1[N+](=O)[O-]. The molecule has 24 heavy (non-hydrogen) atoms. The van der Waals surface area contributed by atoms with Crippen molar-refractivity contribution in [2.75, 3.05) is 0 Å². The molecule has 0 aliphatic carbocycles. The van der Waals surface area contributed by atoms with Crippen LogP contribution in [0, 0.1) is 10.1 Å². The Morgan fingerprint density at radius 3 is 2.71 bits per heavy atom. The second-order valence-corrected chi connectivity index (χ2v) is 5.84. The van der Waals surface area contributed by atoms with Crippen molar-refractivity contribution in [3.8, 4) is 0 Å². The fraction of sp³-hybridized carbons (Fsp3) is 0.143. The fourth-order valence-electron chi connectivity index (χ4n) is 1.96. The Bertz CT molecular complexity index is 811. The summed E-state index contributed by atoms with van der Waals surface area (Å²) in [6.45, 7) is 1.44. The smallest absolute Gasteiger partial charge is 0.290 e. The molecule has 0 saturated carbocycles. The van der Waals surface area contributed by atoms with Gasteiger partial charge in [0.25, 0.3) is 22.7 Å². The molecule has 1 saturated heterocycles. The van der Waals surface area contributed by atoms with E-state index in [1.54, 1.807) is 0 Å².